The molecule has 1 aliphatic rings. The number of anilines is 1. The van der Waals surface area contributed by atoms with E-state index in [0.717, 1.165) is 11.3 Å². The van der Waals surface area contributed by atoms with Crippen LogP contribution in [-0.4, -0.2) is 33.3 Å². The van der Waals surface area contributed by atoms with Crippen LogP contribution < -0.4 is 10.6 Å². The lowest BCUT2D eigenvalue weighted by molar-refractivity contribution is 0.0879. The van der Waals surface area contributed by atoms with Crippen molar-refractivity contribution in [1.82, 2.24) is 15.1 Å². The fourth-order valence-corrected chi connectivity index (χ4v) is 2.20. The summed E-state index contributed by atoms with van der Waals surface area (Å²) in [5, 5.41) is 18.4. The molecule has 0 unspecified atom stereocenters. The normalized spacial score (nSPS) is 13.2. The molecule has 3 rings (SSSR count). The van der Waals surface area contributed by atoms with Crippen LogP contribution in [0, 0.1) is 0 Å². The van der Waals surface area contributed by atoms with Gasteiger partial charge in [-0.05, 0) is 18.2 Å². The number of carbonyl (C=O) groups excluding carboxylic acids is 2. The summed E-state index contributed by atoms with van der Waals surface area (Å²) in [6.07, 6.45) is 3.55. The number of nitrogens with zero attached hydrogens (tertiary/aromatic N) is 2. The van der Waals surface area contributed by atoms with Crippen molar-refractivity contribution in [2.75, 3.05) is 11.9 Å². The molecule has 1 aromatic heterocycles. The van der Waals surface area contributed by atoms with Gasteiger partial charge in [-0.25, -0.2) is 0 Å². The van der Waals surface area contributed by atoms with Crippen molar-refractivity contribution in [2.45, 2.75) is 13.1 Å². The number of benzene rings is 1. The van der Waals surface area contributed by atoms with Gasteiger partial charge in [0.2, 0.25) is 0 Å². The van der Waals surface area contributed by atoms with E-state index in [0.29, 0.717) is 24.2 Å². The molecule has 3 N–H and O–H groups in total. The van der Waals surface area contributed by atoms with Crippen LogP contribution in [-0.2, 0) is 13.1 Å². The van der Waals surface area contributed by atoms with Crippen molar-refractivity contribution in [3.63, 3.8) is 0 Å². The highest BCUT2D eigenvalue weighted by Gasteiger charge is 2.26. The van der Waals surface area contributed by atoms with E-state index in [-0.39, 0.29) is 18.4 Å². The van der Waals surface area contributed by atoms with Gasteiger partial charge in [0, 0.05) is 24.0 Å². The van der Waals surface area contributed by atoms with E-state index in [4.69, 9.17) is 5.11 Å². The van der Waals surface area contributed by atoms with Gasteiger partial charge in [0.25, 0.3) is 11.8 Å². The van der Waals surface area contributed by atoms with E-state index < -0.39 is 0 Å². The number of carbonyl (C=O) groups is 2. The Morgan fingerprint density at radius 3 is 2.86 bits per heavy atom. The second kappa shape index (κ2) is 5.37. The fourth-order valence-electron chi connectivity index (χ4n) is 2.20. The molecule has 0 radical (unpaired) electrons. The van der Waals surface area contributed by atoms with Gasteiger partial charge >= 0.3 is 0 Å². The standard InChI is InChI=1S/C14H14N4O3/c19-4-3-18-8-9(7-16-18)6-15-10-1-2-11-12(5-10)14(21)17-13(11)20/h1-2,5,7-8,15,19H,3-4,6H2,(H,17,20,21). The van der Waals surface area contributed by atoms with Gasteiger partial charge in [0.1, 0.15) is 0 Å². The van der Waals surface area contributed by atoms with E-state index in [1.54, 1.807) is 29.1 Å². The third-order valence-corrected chi connectivity index (χ3v) is 3.25. The molecule has 108 valence electrons. The zero-order valence-corrected chi connectivity index (χ0v) is 11.2. The highest BCUT2D eigenvalue weighted by Crippen LogP contribution is 2.20. The summed E-state index contributed by atoms with van der Waals surface area (Å²) in [4.78, 5) is 23.0. The Hall–Kier alpha value is -2.67. The van der Waals surface area contributed by atoms with E-state index in [2.05, 4.69) is 15.7 Å². The Bertz CT molecular complexity index is 708. The Kier molecular flexibility index (Phi) is 3.41. The lowest BCUT2D eigenvalue weighted by Gasteiger charge is -2.05. The first kappa shape index (κ1) is 13.3. The van der Waals surface area contributed by atoms with E-state index in [1.807, 2.05) is 6.20 Å². The monoisotopic (exact) mass is 286 g/mol. The zero-order chi connectivity index (χ0) is 14.8. The number of amides is 2. The van der Waals surface area contributed by atoms with Gasteiger partial charge in [0.05, 0.1) is 30.5 Å². The number of aliphatic hydroxyl groups excluding tert-OH is 1. The molecule has 1 aliphatic heterocycles. The molecular formula is C14H14N4O3. The van der Waals surface area contributed by atoms with Gasteiger partial charge in [0.15, 0.2) is 0 Å². The molecule has 0 aliphatic carbocycles. The number of aliphatic hydroxyl groups is 1. The molecule has 0 saturated carbocycles. The molecule has 0 fully saturated rings. The molecule has 7 nitrogen and oxygen atoms in total. The summed E-state index contributed by atoms with van der Waals surface area (Å²) < 4.78 is 1.66. The third kappa shape index (κ3) is 2.63. The number of hydrogen-bond acceptors (Lipinski definition) is 5. The predicted octanol–water partition coefficient (Wildman–Crippen LogP) is 0.371. The van der Waals surface area contributed by atoms with Gasteiger partial charge in [-0.1, -0.05) is 0 Å². The van der Waals surface area contributed by atoms with Crippen LogP contribution in [0.2, 0.25) is 0 Å². The number of imide groups is 1. The predicted molar refractivity (Wildman–Crippen MR) is 74.9 cm³/mol. The molecule has 2 aromatic rings. The third-order valence-electron chi connectivity index (χ3n) is 3.25. The minimum absolute atomic E-state index is 0.0442. The highest BCUT2D eigenvalue weighted by atomic mass is 16.3. The molecule has 7 heteroatoms. The van der Waals surface area contributed by atoms with E-state index in [9.17, 15) is 9.59 Å². The van der Waals surface area contributed by atoms with E-state index >= 15 is 0 Å². The van der Waals surface area contributed by atoms with Gasteiger partial charge in [-0.2, -0.15) is 5.10 Å². The Balaban J connectivity index is 1.69. The van der Waals surface area contributed by atoms with Crippen LogP contribution in [0.3, 0.4) is 0 Å². The van der Waals surface area contributed by atoms with Crippen molar-refractivity contribution < 1.29 is 14.7 Å². The molecule has 0 saturated heterocycles. The molecule has 1 aromatic carbocycles. The zero-order valence-electron chi connectivity index (χ0n) is 11.2. The fraction of sp³-hybridized carbons (Fsp3) is 0.214. The summed E-state index contributed by atoms with van der Waals surface area (Å²) in [5.74, 6) is -0.721. The Morgan fingerprint density at radius 2 is 2.05 bits per heavy atom. The number of aromatic nitrogens is 2. The second-order valence-electron chi connectivity index (χ2n) is 4.73. The number of fused-ring (bicyclic) bond motifs is 1. The maximum absolute atomic E-state index is 11.6. The molecular weight excluding hydrogens is 272 g/mol. The molecule has 0 bridgehead atoms. The first-order chi connectivity index (χ1) is 10.2. The van der Waals surface area contributed by atoms with Gasteiger partial charge in [-0.15, -0.1) is 0 Å². The molecule has 0 spiro atoms. The first-order valence-corrected chi connectivity index (χ1v) is 6.53. The Labute approximate surface area is 120 Å². The number of rotatable bonds is 5. The highest BCUT2D eigenvalue weighted by molar-refractivity contribution is 6.21. The van der Waals surface area contributed by atoms with Crippen molar-refractivity contribution in [2.24, 2.45) is 0 Å². The maximum Gasteiger partial charge on any atom is 0.259 e. The SMILES string of the molecule is O=C1NC(=O)c2cc(NCc3cnn(CCO)c3)ccc21. The first-order valence-electron chi connectivity index (χ1n) is 6.53. The Morgan fingerprint density at radius 1 is 1.24 bits per heavy atom. The number of nitrogens with one attached hydrogen (secondary N) is 2. The smallest absolute Gasteiger partial charge is 0.259 e. The van der Waals surface area contributed by atoms with Crippen molar-refractivity contribution >= 4 is 17.5 Å². The van der Waals surface area contributed by atoms with Crippen LogP contribution in [0.5, 0.6) is 0 Å². The largest absolute Gasteiger partial charge is 0.394 e. The lowest BCUT2D eigenvalue weighted by atomic mass is 10.1. The second-order valence-corrected chi connectivity index (χ2v) is 4.73. The number of hydrogen-bond donors (Lipinski definition) is 3. The molecule has 2 heterocycles. The van der Waals surface area contributed by atoms with Crippen LogP contribution in [0.1, 0.15) is 26.3 Å². The molecule has 21 heavy (non-hydrogen) atoms. The average Bonchev–Trinajstić information content (AvgIpc) is 3.03. The van der Waals surface area contributed by atoms with E-state index in [1.165, 1.54) is 0 Å². The van der Waals surface area contributed by atoms with Crippen molar-refractivity contribution in [3.05, 3.63) is 47.3 Å². The lowest BCUT2D eigenvalue weighted by Crippen LogP contribution is -2.19. The topological polar surface area (TPSA) is 96.3 Å². The minimum Gasteiger partial charge on any atom is -0.394 e. The maximum atomic E-state index is 11.6. The summed E-state index contributed by atoms with van der Waals surface area (Å²) in [6, 6.07) is 5.05. The summed E-state index contributed by atoms with van der Waals surface area (Å²) >= 11 is 0. The summed E-state index contributed by atoms with van der Waals surface area (Å²) in [5.41, 5.74) is 2.51. The van der Waals surface area contributed by atoms with Crippen LogP contribution >= 0.6 is 0 Å². The average molecular weight is 286 g/mol. The molecule has 0 atom stereocenters. The van der Waals surface area contributed by atoms with Crippen molar-refractivity contribution in [3.8, 4) is 0 Å². The van der Waals surface area contributed by atoms with Crippen LogP contribution in [0.25, 0.3) is 0 Å². The van der Waals surface area contributed by atoms with Crippen LogP contribution in [0.4, 0.5) is 5.69 Å². The minimum atomic E-state index is -0.366. The summed E-state index contributed by atoms with van der Waals surface area (Å²) in [7, 11) is 0. The van der Waals surface area contributed by atoms with Gasteiger partial charge in [-0.3, -0.25) is 19.6 Å². The van der Waals surface area contributed by atoms with Gasteiger partial charge < -0.3 is 10.4 Å². The van der Waals surface area contributed by atoms with Crippen LogP contribution in [0.15, 0.2) is 30.6 Å². The van der Waals surface area contributed by atoms with Crippen molar-refractivity contribution in [1.29, 1.82) is 0 Å². The quantitative estimate of drug-likeness (QED) is 0.690. The molecule has 2 amide bonds. The summed E-state index contributed by atoms with van der Waals surface area (Å²) in [6.45, 7) is 1.05.